The van der Waals surface area contributed by atoms with Gasteiger partial charge in [0.15, 0.2) is 0 Å². The van der Waals surface area contributed by atoms with E-state index in [1.54, 1.807) is 12.1 Å². The van der Waals surface area contributed by atoms with Crippen LogP contribution in [0.4, 0.5) is 5.69 Å². The lowest BCUT2D eigenvalue weighted by molar-refractivity contribution is -0.385. The van der Waals surface area contributed by atoms with E-state index < -0.39 is 0 Å². The number of nitro benzene ring substituents is 1. The highest BCUT2D eigenvalue weighted by Crippen LogP contribution is 2.30. The Morgan fingerprint density at radius 1 is 1.20 bits per heavy atom. The number of likely N-dealkylation sites (tertiary alicyclic amines) is 1. The van der Waals surface area contributed by atoms with Gasteiger partial charge in [-0.2, -0.15) is 0 Å². The molecule has 130 valence electrons. The molecule has 1 fully saturated rings. The van der Waals surface area contributed by atoms with Gasteiger partial charge in [-0.15, -0.1) is 0 Å². The van der Waals surface area contributed by atoms with Crippen molar-refractivity contribution >= 4 is 11.8 Å². The predicted molar refractivity (Wildman–Crippen MR) is 98.4 cm³/mol. The summed E-state index contributed by atoms with van der Waals surface area (Å²) in [5.74, 6) is 0.676. The zero-order valence-corrected chi connectivity index (χ0v) is 14.4. The minimum atomic E-state index is -0.336. The molecule has 0 radical (unpaired) electrons. The van der Waals surface area contributed by atoms with Gasteiger partial charge in [0.1, 0.15) is 12.4 Å². The molecule has 2 aromatic rings. The van der Waals surface area contributed by atoms with E-state index in [1.807, 2.05) is 49.5 Å². The minimum Gasteiger partial charge on any atom is -0.489 e. The number of nitro groups is 1. The molecule has 3 rings (SSSR count). The Labute approximate surface area is 147 Å². The van der Waals surface area contributed by atoms with E-state index in [9.17, 15) is 10.1 Å². The number of ether oxygens (including phenoxy) is 1. The molecule has 0 aliphatic carbocycles. The molecule has 0 N–H and O–H groups in total. The van der Waals surface area contributed by atoms with Crippen LogP contribution in [0.25, 0.3) is 6.08 Å². The van der Waals surface area contributed by atoms with Crippen molar-refractivity contribution in [1.82, 2.24) is 4.90 Å². The highest BCUT2D eigenvalue weighted by Gasteiger charge is 2.16. The molecule has 25 heavy (non-hydrogen) atoms. The highest BCUT2D eigenvalue weighted by atomic mass is 16.6. The van der Waals surface area contributed by atoms with Crippen molar-refractivity contribution in [2.45, 2.75) is 26.4 Å². The van der Waals surface area contributed by atoms with Crippen molar-refractivity contribution in [1.29, 1.82) is 0 Å². The first-order valence-corrected chi connectivity index (χ1v) is 8.51. The summed E-state index contributed by atoms with van der Waals surface area (Å²) in [5.41, 5.74) is 2.51. The summed E-state index contributed by atoms with van der Waals surface area (Å²) in [4.78, 5) is 13.2. The van der Waals surface area contributed by atoms with Gasteiger partial charge in [-0.1, -0.05) is 30.3 Å². The average molecular weight is 338 g/mol. The first-order chi connectivity index (χ1) is 12.1. The fraction of sp³-hybridized carbons (Fsp3) is 0.300. The second-order valence-electron chi connectivity index (χ2n) is 6.27. The number of hydrogen-bond acceptors (Lipinski definition) is 4. The number of rotatable bonds is 6. The maximum atomic E-state index is 11.4. The van der Waals surface area contributed by atoms with E-state index in [0.717, 1.165) is 24.2 Å². The standard InChI is InChI=1S/C20H22N2O3/c1-16-13-19(22(23)24)18(9-12-21-10-5-6-11-21)14-20(16)25-15-17-7-3-2-4-8-17/h2-4,7-9,12-14H,5-6,10-11,15H2,1H3/b12-9+. The van der Waals surface area contributed by atoms with Crippen LogP contribution in [0.5, 0.6) is 5.75 Å². The zero-order chi connectivity index (χ0) is 17.6. The zero-order valence-electron chi connectivity index (χ0n) is 14.4. The van der Waals surface area contributed by atoms with Crippen molar-refractivity contribution < 1.29 is 9.66 Å². The quantitative estimate of drug-likeness (QED) is 0.573. The molecule has 1 heterocycles. The Hall–Kier alpha value is -2.82. The maximum absolute atomic E-state index is 11.4. The molecule has 0 bridgehead atoms. The number of nitrogens with zero attached hydrogens (tertiary/aromatic N) is 2. The third-order valence-electron chi connectivity index (χ3n) is 4.36. The lowest BCUT2D eigenvalue weighted by atomic mass is 10.1. The van der Waals surface area contributed by atoms with Gasteiger partial charge in [-0.05, 0) is 49.2 Å². The third kappa shape index (κ3) is 4.38. The van der Waals surface area contributed by atoms with Crippen molar-refractivity contribution in [3.8, 4) is 5.75 Å². The molecular weight excluding hydrogens is 316 g/mol. The van der Waals surface area contributed by atoms with Crippen LogP contribution in [-0.2, 0) is 6.61 Å². The smallest absolute Gasteiger partial charge is 0.277 e. The molecule has 2 aromatic carbocycles. The van der Waals surface area contributed by atoms with Crippen molar-refractivity contribution in [3.05, 3.63) is 75.5 Å². The molecule has 0 saturated carbocycles. The van der Waals surface area contributed by atoms with E-state index in [4.69, 9.17) is 4.74 Å². The molecule has 1 saturated heterocycles. The molecule has 5 heteroatoms. The predicted octanol–water partition coefficient (Wildman–Crippen LogP) is 4.55. The van der Waals surface area contributed by atoms with Gasteiger partial charge in [0.2, 0.25) is 0 Å². The van der Waals surface area contributed by atoms with Crippen LogP contribution in [0, 0.1) is 17.0 Å². The maximum Gasteiger partial charge on any atom is 0.277 e. The Balaban J connectivity index is 1.82. The topological polar surface area (TPSA) is 55.6 Å². The summed E-state index contributed by atoms with van der Waals surface area (Å²) in [7, 11) is 0. The van der Waals surface area contributed by atoms with Crippen molar-refractivity contribution in [2.75, 3.05) is 13.1 Å². The molecule has 1 aliphatic heterocycles. The van der Waals surface area contributed by atoms with Crippen molar-refractivity contribution in [2.24, 2.45) is 0 Å². The van der Waals surface area contributed by atoms with E-state index in [1.165, 1.54) is 12.8 Å². The summed E-state index contributed by atoms with van der Waals surface area (Å²) < 4.78 is 5.90. The monoisotopic (exact) mass is 338 g/mol. The normalized spacial score (nSPS) is 14.2. The number of benzene rings is 2. The van der Waals surface area contributed by atoms with E-state index in [-0.39, 0.29) is 10.6 Å². The molecule has 5 nitrogen and oxygen atoms in total. The van der Waals surface area contributed by atoms with Crippen LogP contribution in [0.15, 0.2) is 48.7 Å². The fourth-order valence-electron chi connectivity index (χ4n) is 2.95. The molecule has 1 aliphatic rings. The van der Waals surface area contributed by atoms with Crippen molar-refractivity contribution in [3.63, 3.8) is 0 Å². The molecule has 0 unspecified atom stereocenters. The summed E-state index contributed by atoms with van der Waals surface area (Å²) in [6.07, 6.45) is 6.11. The highest BCUT2D eigenvalue weighted by molar-refractivity contribution is 5.64. The summed E-state index contributed by atoms with van der Waals surface area (Å²) in [5, 5.41) is 11.4. The van der Waals surface area contributed by atoms with Gasteiger partial charge < -0.3 is 9.64 Å². The van der Waals surface area contributed by atoms with Gasteiger partial charge in [-0.25, -0.2) is 0 Å². The van der Waals surface area contributed by atoms with Gasteiger partial charge in [0.05, 0.1) is 10.5 Å². The van der Waals surface area contributed by atoms with Crippen LogP contribution in [0.2, 0.25) is 0 Å². The largest absolute Gasteiger partial charge is 0.489 e. The Bertz CT molecular complexity index is 766. The van der Waals surface area contributed by atoms with Gasteiger partial charge in [0.25, 0.3) is 5.69 Å². The first kappa shape index (κ1) is 17.0. The van der Waals surface area contributed by atoms with Crippen LogP contribution < -0.4 is 4.74 Å². The fourth-order valence-corrected chi connectivity index (χ4v) is 2.95. The summed E-state index contributed by atoms with van der Waals surface area (Å²) in [6.45, 7) is 4.29. The SMILES string of the molecule is Cc1cc([N+](=O)[O-])c(/C=C/N2CCCC2)cc1OCc1ccccc1. The van der Waals surface area contributed by atoms with E-state index in [0.29, 0.717) is 17.9 Å². The Kier molecular flexibility index (Phi) is 5.33. The van der Waals surface area contributed by atoms with Crippen LogP contribution in [0.3, 0.4) is 0 Å². The number of hydrogen-bond donors (Lipinski definition) is 0. The summed E-state index contributed by atoms with van der Waals surface area (Å²) >= 11 is 0. The lowest BCUT2D eigenvalue weighted by Gasteiger charge is -2.12. The first-order valence-electron chi connectivity index (χ1n) is 8.51. The molecular formula is C20H22N2O3. The second kappa shape index (κ2) is 7.83. The van der Waals surface area contributed by atoms with Gasteiger partial charge >= 0.3 is 0 Å². The molecule has 0 spiro atoms. The van der Waals surface area contributed by atoms with Gasteiger partial charge in [-0.3, -0.25) is 10.1 Å². The van der Waals surface area contributed by atoms with Crippen LogP contribution in [0.1, 0.15) is 29.5 Å². The molecule has 0 amide bonds. The third-order valence-corrected chi connectivity index (χ3v) is 4.36. The Morgan fingerprint density at radius 2 is 1.92 bits per heavy atom. The lowest BCUT2D eigenvalue weighted by Crippen LogP contribution is -2.10. The average Bonchev–Trinajstić information content (AvgIpc) is 3.13. The number of aryl methyl sites for hydroxylation is 1. The minimum absolute atomic E-state index is 0.111. The molecule has 0 atom stereocenters. The molecule has 0 aromatic heterocycles. The Morgan fingerprint density at radius 3 is 2.60 bits per heavy atom. The van der Waals surface area contributed by atoms with E-state index >= 15 is 0 Å². The van der Waals surface area contributed by atoms with Gasteiger partial charge in [0, 0.05) is 19.2 Å². The van der Waals surface area contributed by atoms with E-state index in [2.05, 4.69) is 4.90 Å². The van der Waals surface area contributed by atoms with Crippen LogP contribution >= 0.6 is 0 Å². The second-order valence-corrected chi connectivity index (χ2v) is 6.27. The van der Waals surface area contributed by atoms with Crippen LogP contribution in [-0.4, -0.2) is 22.9 Å². The summed E-state index contributed by atoms with van der Waals surface area (Å²) in [6, 6.07) is 13.2.